The molecule has 0 bridgehead atoms. The fourth-order valence-electron chi connectivity index (χ4n) is 4.95. The molecule has 1 fully saturated rings. The molecule has 0 aromatic heterocycles. The van der Waals surface area contributed by atoms with Crippen molar-refractivity contribution in [3.8, 4) is 0 Å². The van der Waals surface area contributed by atoms with Crippen molar-refractivity contribution in [2.75, 3.05) is 6.61 Å². The highest BCUT2D eigenvalue weighted by molar-refractivity contribution is 6.77. The number of aliphatic hydroxyl groups is 1. The van der Waals surface area contributed by atoms with Crippen molar-refractivity contribution in [1.29, 1.82) is 0 Å². The van der Waals surface area contributed by atoms with Crippen LogP contribution in [0.4, 0.5) is 0 Å². The maximum atomic E-state index is 10.3. The van der Waals surface area contributed by atoms with Crippen LogP contribution in [0.5, 0.6) is 0 Å². The van der Waals surface area contributed by atoms with Crippen LogP contribution < -0.4 is 0 Å². The summed E-state index contributed by atoms with van der Waals surface area (Å²) in [6.45, 7) is 15.2. The third kappa shape index (κ3) is 4.97. The molecule has 0 spiro atoms. The van der Waals surface area contributed by atoms with Gasteiger partial charge in [0.15, 0.2) is 0 Å². The molecule has 0 unspecified atom stereocenters. The van der Waals surface area contributed by atoms with E-state index in [1.165, 1.54) is 5.56 Å². The van der Waals surface area contributed by atoms with Gasteiger partial charge in [0.2, 0.25) is 8.32 Å². The van der Waals surface area contributed by atoms with E-state index >= 15 is 0 Å². The zero-order valence-corrected chi connectivity index (χ0v) is 18.4. The van der Waals surface area contributed by atoms with Gasteiger partial charge in [-0.3, -0.25) is 0 Å². The summed E-state index contributed by atoms with van der Waals surface area (Å²) in [5.41, 5.74) is 2.88. The molecular weight excluding hydrogens is 340 g/mol. The molecule has 3 atom stereocenters. The second-order valence-electron chi connectivity index (χ2n) is 8.86. The summed E-state index contributed by atoms with van der Waals surface area (Å²) in [5, 5.41) is 10.3. The normalized spacial score (nSPS) is 24.2. The first-order chi connectivity index (χ1) is 12.3. The van der Waals surface area contributed by atoms with Gasteiger partial charge in [0.1, 0.15) is 0 Å². The molecule has 148 valence electrons. The van der Waals surface area contributed by atoms with Crippen LogP contribution in [-0.2, 0) is 15.8 Å². The van der Waals surface area contributed by atoms with Gasteiger partial charge in [0.25, 0.3) is 0 Å². The van der Waals surface area contributed by atoms with Gasteiger partial charge >= 0.3 is 0 Å². The molecule has 0 radical (unpaired) electrons. The molecule has 1 aromatic carbocycles. The lowest BCUT2D eigenvalue weighted by atomic mass is 10.1. The molecule has 26 heavy (non-hydrogen) atoms. The van der Waals surface area contributed by atoms with Crippen molar-refractivity contribution < 1.29 is 14.3 Å². The maximum Gasteiger partial charge on any atom is 0.200 e. The Morgan fingerprint density at radius 1 is 0.962 bits per heavy atom. The Kier molecular flexibility index (Phi) is 7.89. The summed E-state index contributed by atoms with van der Waals surface area (Å²) in [4.78, 5) is 0. The molecule has 1 saturated carbocycles. The van der Waals surface area contributed by atoms with Crippen LogP contribution in [0.25, 0.3) is 0 Å². The van der Waals surface area contributed by atoms with E-state index in [-0.39, 0.29) is 18.1 Å². The molecule has 0 saturated heterocycles. The van der Waals surface area contributed by atoms with Crippen molar-refractivity contribution in [1.82, 2.24) is 0 Å². The lowest BCUT2D eigenvalue weighted by molar-refractivity contribution is 0.0395. The Morgan fingerprint density at radius 2 is 1.54 bits per heavy atom. The van der Waals surface area contributed by atoms with E-state index in [2.05, 4.69) is 53.7 Å². The highest BCUT2D eigenvalue weighted by atomic mass is 28.4. The summed E-state index contributed by atoms with van der Waals surface area (Å²) >= 11 is 0. The smallest absolute Gasteiger partial charge is 0.200 e. The third-order valence-electron chi connectivity index (χ3n) is 6.11. The van der Waals surface area contributed by atoms with Gasteiger partial charge in [-0.05, 0) is 35.0 Å². The number of hydrogen-bond acceptors (Lipinski definition) is 3. The van der Waals surface area contributed by atoms with Crippen LogP contribution in [-0.4, -0.2) is 32.2 Å². The molecule has 1 N–H and O–H groups in total. The molecule has 1 aliphatic carbocycles. The Labute approximate surface area is 161 Å². The van der Waals surface area contributed by atoms with E-state index < -0.39 is 8.32 Å². The summed E-state index contributed by atoms with van der Waals surface area (Å²) < 4.78 is 13.0. The predicted molar refractivity (Wildman–Crippen MR) is 111 cm³/mol. The molecule has 0 heterocycles. The Bertz CT molecular complexity index is 508. The Morgan fingerprint density at radius 3 is 2.08 bits per heavy atom. The van der Waals surface area contributed by atoms with Gasteiger partial charge in [-0.25, -0.2) is 0 Å². The van der Waals surface area contributed by atoms with Crippen LogP contribution in [0, 0.1) is 5.92 Å². The van der Waals surface area contributed by atoms with Gasteiger partial charge in [-0.2, -0.15) is 0 Å². The topological polar surface area (TPSA) is 38.7 Å². The van der Waals surface area contributed by atoms with E-state index in [0.29, 0.717) is 29.8 Å². The fraction of sp³-hybridized carbons (Fsp3) is 0.727. The Balaban J connectivity index is 2.03. The average molecular weight is 379 g/mol. The van der Waals surface area contributed by atoms with Gasteiger partial charge in [0, 0.05) is 5.92 Å². The Hall–Kier alpha value is -0.683. The summed E-state index contributed by atoms with van der Waals surface area (Å²) in [6.07, 6.45) is 1.40. The highest BCUT2D eigenvalue weighted by Crippen LogP contribution is 2.45. The third-order valence-corrected chi connectivity index (χ3v) is 12.2. The van der Waals surface area contributed by atoms with Gasteiger partial charge in [0.05, 0.1) is 25.4 Å². The largest absolute Gasteiger partial charge is 0.413 e. The second-order valence-corrected chi connectivity index (χ2v) is 14.3. The second kappa shape index (κ2) is 9.49. The lowest BCUT2D eigenvalue weighted by Gasteiger charge is -2.45. The SMILES string of the molecule is CC(C)[Si](O[C@H]1C[C@H](O)C[C@@H]1COCc1ccccc1)(C(C)C)C(C)C. The van der Waals surface area contributed by atoms with Crippen LogP contribution >= 0.6 is 0 Å². The van der Waals surface area contributed by atoms with Gasteiger partial charge in [-0.1, -0.05) is 71.9 Å². The van der Waals surface area contributed by atoms with Crippen molar-refractivity contribution in [2.24, 2.45) is 5.92 Å². The summed E-state index contributed by atoms with van der Waals surface area (Å²) in [7, 11) is -1.93. The van der Waals surface area contributed by atoms with Crippen LogP contribution in [0.1, 0.15) is 59.9 Å². The number of hydrogen-bond donors (Lipinski definition) is 1. The molecular formula is C22H38O3Si. The minimum absolute atomic E-state index is 0.125. The van der Waals surface area contributed by atoms with Crippen molar-refractivity contribution in [3.63, 3.8) is 0 Å². The van der Waals surface area contributed by atoms with Gasteiger partial charge in [-0.15, -0.1) is 0 Å². The van der Waals surface area contributed by atoms with Crippen LogP contribution in [0.15, 0.2) is 30.3 Å². The number of rotatable bonds is 9. The number of aliphatic hydroxyl groups excluding tert-OH is 1. The van der Waals surface area contributed by atoms with Gasteiger partial charge < -0.3 is 14.3 Å². The molecule has 0 aliphatic heterocycles. The standard InChI is InChI=1S/C22H38O3Si/c1-16(2)26(17(3)4,18(5)6)25-22-13-21(23)12-20(22)15-24-14-19-10-8-7-9-11-19/h7-11,16-18,20-23H,12-15H2,1-6H3/t20-,21-,22+/m1/s1. The molecule has 1 aliphatic rings. The first-order valence-corrected chi connectivity index (χ1v) is 12.4. The van der Waals surface area contributed by atoms with Crippen LogP contribution in [0.3, 0.4) is 0 Å². The van der Waals surface area contributed by atoms with E-state index in [0.717, 1.165) is 12.8 Å². The molecule has 3 nitrogen and oxygen atoms in total. The van der Waals surface area contributed by atoms with Crippen LogP contribution in [0.2, 0.25) is 16.6 Å². The lowest BCUT2D eigenvalue weighted by Crippen LogP contribution is -2.51. The molecule has 2 rings (SSSR count). The van der Waals surface area contributed by atoms with E-state index in [1.54, 1.807) is 0 Å². The van der Waals surface area contributed by atoms with E-state index in [1.807, 2.05) is 18.2 Å². The maximum absolute atomic E-state index is 10.3. The summed E-state index contributed by atoms with van der Waals surface area (Å²) in [6, 6.07) is 10.3. The quantitative estimate of drug-likeness (QED) is 0.574. The average Bonchev–Trinajstić information content (AvgIpc) is 2.92. The van der Waals surface area contributed by atoms with Crippen molar-refractivity contribution >= 4 is 8.32 Å². The number of ether oxygens (including phenoxy) is 1. The monoisotopic (exact) mass is 378 g/mol. The zero-order chi connectivity index (χ0) is 19.3. The zero-order valence-electron chi connectivity index (χ0n) is 17.4. The molecule has 4 heteroatoms. The van der Waals surface area contributed by atoms with Crippen molar-refractivity contribution in [2.45, 2.75) is 89.8 Å². The molecule has 0 amide bonds. The summed E-state index contributed by atoms with van der Waals surface area (Å²) in [5.74, 6) is 0.289. The minimum Gasteiger partial charge on any atom is -0.413 e. The van der Waals surface area contributed by atoms with E-state index in [9.17, 15) is 5.11 Å². The van der Waals surface area contributed by atoms with Crippen molar-refractivity contribution in [3.05, 3.63) is 35.9 Å². The predicted octanol–water partition coefficient (Wildman–Crippen LogP) is 5.53. The highest BCUT2D eigenvalue weighted by Gasteiger charge is 2.49. The first kappa shape index (κ1) is 21.6. The molecule has 1 aromatic rings. The number of benzene rings is 1. The van der Waals surface area contributed by atoms with E-state index in [4.69, 9.17) is 9.16 Å². The first-order valence-electron chi connectivity index (χ1n) is 10.2. The fourth-order valence-corrected chi connectivity index (χ4v) is 10.6. The minimum atomic E-state index is -1.93.